The van der Waals surface area contributed by atoms with Gasteiger partial charge < -0.3 is 15.3 Å². The molecule has 5 nitrogen and oxygen atoms in total. The molecule has 1 heterocycles. The lowest BCUT2D eigenvalue weighted by molar-refractivity contribution is -0.138. The summed E-state index contributed by atoms with van der Waals surface area (Å²) in [6.07, 6.45) is 0.439. The van der Waals surface area contributed by atoms with Gasteiger partial charge in [0, 0.05) is 24.0 Å². The Morgan fingerprint density at radius 2 is 2.16 bits per heavy atom. The minimum atomic E-state index is -0.824. The molecular weight excluding hydrogens is 244 g/mol. The molecule has 0 saturated heterocycles. The zero-order chi connectivity index (χ0) is 14.2. The quantitative estimate of drug-likeness (QED) is 0.869. The Kier molecular flexibility index (Phi) is 3.22. The summed E-state index contributed by atoms with van der Waals surface area (Å²) in [4.78, 5) is 24.2. The van der Waals surface area contributed by atoms with Gasteiger partial charge in [-0.05, 0) is 37.6 Å². The van der Waals surface area contributed by atoms with Crippen molar-refractivity contribution in [2.24, 2.45) is 0 Å². The van der Waals surface area contributed by atoms with Crippen LogP contribution in [0.2, 0.25) is 0 Å². The van der Waals surface area contributed by atoms with Gasteiger partial charge in [-0.3, -0.25) is 9.59 Å². The third kappa shape index (κ3) is 2.70. The van der Waals surface area contributed by atoms with Crippen molar-refractivity contribution >= 4 is 23.3 Å². The topological polar surface area (TPSA) is 69.6 Å². The lowest BCUT2D eigenvalue weighted by atomic mass is 9.97. The number of hydrogen-bond donors (Lipinski definition) is 2. The molecule has 0 spiro atoms. The van der Waals surface area contributed by atoms with E-state index in [1.54, 1.807) is 0 Å². The van der Waals surface area contributed by atoms with Crippen LogP contribution in [0.1, 0.15) is 25.8 Å². The van der Waals surface area contributed by atoms with Crippen LogP contribution in [-0.4, -0.2) is 29.6 Å². The zero-order valence-electron chi connectivity index (χ0n) is 11.4. The van der Waals surface area contributed by atoms with Crippen LogP contribution in [0.5, 0.6) is 0 Å². The van der Waals surface area contributed by atoms with Gasteiger partial charge in [-0.1, -0.05) is 0 Å². The molecule has 0 fully saturated rings. The summed E-state index contributed by atoms with van der Waals surface area (Å²) in [6.45, 7) is 3.77. The maximum absolute atomic E-state index is 11.3. The third-order valence-electron chi connectivity index (χ3n) is 3.59. The van der Waals surface area contributed by atoms with Gasteiger partial charge in [-0.2, -0.15) is 0 Å². The predicted octanol–water partition coefficient (Wildman–Crippen LogP) is 1.87. The molecule has 1 aliphatic rings. The number of carboxylic acids is 1. The Balaban J connectivity index is 2.25. The summed E-state index contributed by atoms with van der Waals surface area (Å²) in [5.41, 5.74) is 2.23. The molecule has 0 unspecified atom stereocenters. The van der Waals surface area contributed by atoms with Crippen molar-refractivity contribution in [2.75, 3.05) is 17.3 Å². The van der Waals surface area contributed by atoms with Gasteiger partial charge >= 0.3 is 5.97 Å². The first-order valence-electron chi connectivity index (χ1n) is 6.18. The molecular formula is C14H18N2O3. The lowest BCUT2D eigenvalue weighted by Gasteiger charge is -2.36. The van der Waals surface area contributed by atoms with Crippen LogP contribution in [0.3, 0.4) is 0 Å². The number of amides is 1. The summed E-state index contributed by atoms with van der Waals surface area (Å²) in [5.74, 6) is -0.825. The number of carbonyl (C=O) groups is 2. The van der Waals surface area contributed by atoms with Crippen molar-refractivity contribution in [2.45, 2.75) is 32.2 Å². The van der Waals surface area contributed by atoms with Gasteiger partial charge in [0.1, 0.15) is 0 Å². The fraction of sp³-hybridized carbons (Fsp3) is 0.429. The number of nitrogens with one attached hydrogen (secondary N) is 1. The minimum Gasteiger partial charge on any atom is -0.481 e. The van der Waals surface area contributed by atoms with E-state index in [1.165, 1.54) is 0 Å². The first-order valence-corrected chi connectivity index (χ1v) is 6.18. The van der Waals surface area contributed by atoms with Gasteiger partial charge in [0.15, 0.2) is 0 Å². The summed E-state index contributed by atoms with van der Waals surface area (Å²) >= 11 is 0. The maximum Gasteiger partial charge on any atom is 0.305 e. The Morgan fingerprint density at radius 1 is 1.47 bits per heavy atom. The van der Waals surface area contributed by atoms with Crippen LogP contribution in [-0.2, 0) is 16.0 Å². The molecule has 2 N–H and O–H groups in total. The van der Waals surface area contributed by atoms with Crippen LogP contribution in [0.15, 0.2) is 18.2 Å². The molecule has 0 atom stereocenters. The highest BCUT2D eigenvalue weighted by atomic mass is 16.4. The molecule has 0 bridgehead atoms. The van der Waals surface area contributed by atoms with Crippen LogP contribution in [0.4, 0.5) is 11.4 Å². The van der Waals surface area contributed by atoms with E-state index < -0.39 is 11.5 Å². The van der Waals surface area contributed by atoms with E-state index in [-0.39, 0.29) is 12.3 Å². The maximum atomic E-state index is 11.3. The summed E-state index contributed by atoms with van der Waals surface area (Å²) in [6, 6.07) is 5.70. The smallest absolute Gasteiger partial charge is 0.305 e. The highest BCUT2D eigenvalue weighted by Crippen LogP contribution is 2.31. The molecule has 0 saturated carbocycles. The van der Waals surface area contributed by atoms with E-state index in [0.29, 0.717) is 6.42 Å². The highest BCUT2D eigenvalue weighted by molar-refractivity contribution is 5.99. The molecule has 2 rings (SSSR count). The van der Waals surface area contributed by atoms with Crippen molar-refractivity contribution in [1.82, 2.24) is 0 Å². The van der Waals surface area contributed by atoms with Crippen LogP contribution in [0.25, 0.3) is 0 Å². The normalized spacial score (nSPS) is 13.9. The standard InChI is InChI=1S/C14H18N2O3/c1-14(2,8-13(18)19)16(3)10-4-5-11-9(6-10)7-12(17)15-11/h4-6H,7-8H2,1-3H3,(H,15,17)(H,18,19). The summed E-state index contributed by atoms with van der Waals surface area (Å²) in [7, 11) is 1.87. The van der Waals surface area contributed by atoms with Crippen molar-refractivity contribution in [3.63, 3.8) is 0 Å². The lowest BCUT2D eigenvalue weighted by Crippen LogP contribution is -2.43. The molecule has 1 aromatic carbocycles. The molecule has 0 aliphatic carbocycles. The molecule has 1 aliphatic heterocycles. The predicted molar refractivity (Wildman–Crippen MR) is 73.5 cm³/mol. The average Bonchev–Trinajstić information content (AvgIpc) is 2.65. The SMILES string of the molecule is CN(c1ccc2c(c1)CC(=O)N2)C(C)(C)CC(=O)O. The van der Waals surface area contributed by atoms with Gasteiger partial charge in [-0.15, -0.1) is 0 Å². The second-order valence-electron chi connectivity index (χ2n) is 5.51. The number of carboxylic acid groups (broad SMARTS) is 1. The fourth-order valence-electron chi connectivity index (χ4n) is 2.26. The van der Waals surface area contributed by atoms with Crippen molar-refractivity contribution in [3.05, 3.63) is 23.8 Å². The van der Waals surface area contributed by atoms with Crippen molar-refractivity contribution in [1.29, 1.82) is 0 Å². The number of rotatable bonds is 4. The second-order valence-corrected chi connectivity index (χ2v) is 5.51. The number of hydrogen-bond acceptors (Lipinski definition) is 3. The van der Waals surface area contributed by atoms with E-state index in [2.05, 4.69) is 5.32 Å². The first-order chi connectivity index (χ1) is 8.79. The summed E-state index contributed by atoms with van der Waals surface area (Å²) in [5, 5.41) is 11.7. The van der Waals surface area contributed by atoms with Crippen LogP contribution < -0.4 is 10.2 Å². The summed E-state index contributed by atoms with van der Waals surface area (Å²) < 4.78 is 0. The minimum absolute atomic E-state index is 0.000371. The van der Waals surface area contributed by atoms with Gasteiger partial charge in [-0.25, -0.2) is 0 Å². The van der Waals surface area contributed by atoms with Gasteiger partial charge in [0.25, 0.3) is 0 Å². The number of nitrogens with zero attached hydrogens (tertiary/aromatic N) is 1. The fourth-order valence-corrected chi connectivity index (χ4v) is 2.26. The van der Waals surface area contributed by atoms with Crippen LogP contribution in [0, 0.1) is 0 Å². The molecule has 5 heteroatoms. The monoisotopic (exact) mass is 262 g/mol. The molecule has 19 heavy (non-hydrogen) atoms. The van der Waals surface area contributed by atoms with E-state index >= 15 is 0 Å². The molecule has 102 valence electrons. The van der Waals surface area contributed by atoms with E-state index in [1.807, 2.05) is 44.0 Å². The first kappa shape index (κ1) is 13.4. The Labute approximate surface area is 112 Å². The average molecular weight is 262 g/mol. The number of fused-ring (bicyclic) bond motifs is 1. The largest absolute Gasteiger partial charge is 0.481 e. The zero-order valence-corrected chi connectivity index (χ0v) is 11.4. The highest BCUT2D eigenvalue weighted by Gasteiger charge is 2.28. The molecule has 1 aromatic rings. The van der Waals surface area contributed by atoms with Crippen LogP contribution >= 0.6 is 0 Å². The second kappa shape index (κ2) is 4.57. The molecule has 0 aromatic heterocycles. The van der Waals surface area contributed by atoms with Gasteiger partial charge in [0.05, 0.1) is 12.8 Å². The van der Waals surface area contributed by atoms with Crippen molar-refractivity contribution < 1.29 is 14.7 Å². The Morgan fingerprint density at radius 3 is 2.79 bits per heavy atom. The Bertz CT molecular complexity index is 537. The van der Waals surface area contributed by atoms with E-state index in [4.69, 9.17) is 5.11 Å². The number of aliphatic carboxylic acids is 1. The van der Waals surface area contributed by atoms with Gasteiger partial charge in [0.2, 0.25) is 5.91 Å². The third-order valence-corrected chi connectivity index (χ3v) is 3.59. The molecule has 0 radical (unpaired) electrons. The van der Waals surface area contributed by atoms with Crippen molar-refractivity contribution in [3.8, 4) is 0 Å². The number of anilines is 2. The number of benzene rings is 1. The number of carbonyl (C=O) groups excluding carboxylic acids is 1. The molecule has 1 amide bonds. The van der Waals surface area contributed by atoms with E-state index in [9.17, 15) is 9.59 Å². The van der Waals surface area contributed by atoms with E-state index in [0.717, 1.165) is 16.9 Å². The Hall–Kier alpha value is -2.04.